The highest BCUT2D eigenvalue weighted by molar-refractivity contribution is 6.05. The number of rotatable bonds is 9. The number of hydroxylamine groups is 1. The summed E-state index contributed by atoms with van der Waals surface area (Å²) in [6, 6.07) is 11.2. The van der Waals surface area contributed by atoms with Crippen LogP contribution in [0.25, 0.3) is 10.9 Å². The van der Waals surface area contributed by atoms with Crippen LogP contribution in [0.15, 0.2) is 53.3 Å². The molecule has 0 spiro atoms. The van der Waals surface area contributed by atoms with Crippen LogP contribution in [-0.4, -0.2) is 28.6 Å². The molecule has 0 aliphatic rings. The van der Waals surface area contributed by atoms with Crippen molar-refractivity contribution in [3.05, 3.63) is 54.6 Å². The number of aromatic amines is 1. The average Bonchev–Trinajstić information content (AvgIpc) is 3.37. The first-order valence-electron chi connectivity index (χ1n) is 9.04. The van der Waals surface area contributed by atoms with E-state index in [1.54, 1.807) is 22.5 Å². The predicted octanol–water partition coefficient (Wildman–Crippen LogP) is 3.86. The number of hydrogen-bond donors (Lipinski definition) is 3. The molecule has 0 radical (unpaired) electrons. The molecule has 27 heavy (non-hydrogen) atoms. The lowest BCUT2D eigenvalue weighted by atomic mass is 10.1. The van der Waals surface area contributed by atoms with E-state index in [9.17, 15) is 9.59 Å². The minimum Gasteiger partial charge on any atom is -0.459 e. The summed E-state index contributed by atoms with van der Waals surface area (Å²) in [6.45, 7) is 0.557. The molecule has 0 aliphatic carbocycles. The number of nitrogens with one attached hydrogen (secondary N) is 2. The number of hydrogen-bond acceptors (Lipinski definition) is 4. The van der Waals surface area contributed by atoms with Gasteiger partial charge in [-0.2, -0.15) is 0 Å². The van der Waals surface area contributed by atoms with Gasteiger partial charge >= 0.3 is 0 Å². The van der Waals surface area contributed by atoms with Crippen LogP contribution in [0, 0.1) is 0 Å². The first kappa shape index (κ1) is 18.7. The van der Waals surface area contributed by atoms with Crippen LogP contribution in [-0.2, 0) is 4.79 Å². The molecule has 7 heteroatoms. The largest absolute Gasteiger partial charge is 0.459 e. The zero-order valence-corrected chi connectivity index (χ0v) is 15.0. The Hall–Kier alpha value is -3.06. The summed E-state index contributed by atoms with van der Waals surface area (Å²) in [6.07, 6.45) is 6.91. The molecule has 142 valence electrons. The molecule has 0 saturated carbocycles. The van der Waals surface area contributed by atoms with Crippen molar-refractivity contribution in [2.75, 3.05) is 11.4 Å². The van der Waals surface area contributed by atoms with Gasteiger partial charge in [0.15, 0.2) is 5.76 Å². The van der Waals surface area contributed by atoms with E-state index in [-0.39, 0.29) is 11.8 Å². The zero-order chi connectivity index (χ0) is 19.1. The van der Waals surface area contributed by atoms with Crippen LogP contribution in [0.1, 0.15) is 42.7 Å². The van der Waals surface area contributed by atoms with Crippen molar-refractivity contribution in [2.24, 2.45) is 0 Å². The Kier molecular flexibility index (Phi) is 6.27. The van der Waals surface area contributed by atoms with E-state index in [4.69, 9.17) is 9.62 Å². The van der Waals surface area contributed by atoms with Crippen LogP contribution in [0.4, 0.5) is 5.69 Å². The molecule has 0 unspecified atom stereocenters. The molecule has 3 rings (SSSR count). The molecule has 0 fully saturated rings. The number of amides is 2. The Balaban J connectivity index is 1.65. The summed E-state index contributed by atoms with van der Waals surface area (Å²) >= 11 is 0. The quantitative estimate of drug-likeness (QED) is 0.303. The minimum absolute atomic E-state index is 0.172. The zero-order valence-electron chi connectivity index (χ0n) is 15.0. The van der Waals surface area contributed by atoms with Gasteiger partial charge in [-0.3, -0.25) is 14.8 Å². The van der Waals surface area contributed by atoms with E-state index in [0.29, 0.717) is 25.1 Å². The van der Waals surface area contributed by atoms with Crippen molar-refractivity contribution in [3.63, 3.8) is 0 Å². The molecular formula is C20H23N3O4. The normalized spacial score (nSPS) is 10.9. The van der Waals surface area contributed by atoms with E-state index in [1.165, 1.54) is 6.26 Å². The maximum absolute atomic E-state index is 12.9. The van der Waals surface area contributed by atoms with E-state index in [0.717, 1.165) is 35.9 Å². The topological polar surface area (TPSA) is 98.6 Å². The number of nitrogens with zero attached hydrogens (tertiary/aromatic N) is 1. The number of fused-ring (bicyclic) bond motifs is 1. The fourth-order valence-corrected chi connectivity index (χ4v) is 3.05. The standard InChI is InChI=1S/C20H23N3O4/c24-19(22-26)7-3-1-2-4-12-23(20(25)18-6-5-13-27-18)16-8-9-17-15(14-16)10-11-21-17/h5-6,8-11,13-14,21,26H,1-4,7,12H2,(H,22,24). The fraction of sp³-hybridized carbons (Fsp3) is 0.300. The van der Waals surface area contributed by atoms with Crippen molar-refractivity contribution >= 4 is 28.4 Å². The molecule has 2 amide bonds. The second kappa shape index (κ2) is 9.05. The van der Waals surface area contributed by atoms with Gasteiger partial charge in [-0.1, -0.05) is 12.8 Å². The Labute approximate surface area is 156 Å². The van der Waals surface area contributed by atoms with Gasteiger partial charge in [0.2, 0.25) is 5.91 Å². The number of carbonyl (C=O) groups excluding carboxylic acids is 2. The number of anilines is 1. The second-order valence-electron chi connectivity index (χ2n) is 6.38. The molecule has 0 bridgehead atoms. The van der Waals surface area contributed by atoms with E-state index in [2.05, 4.69) is 4.98 Å². The van der Waals surface area contributed by atoms with Gasteiger partial charge in [0.1, 0.15) is 0 Å². The summed E-state index contributed by atoms with van der Waals surface area (Å²) in [4.78, 5) is 28.8. The predicted molar refractivity (Wildman–Crippen MR) is 102 cm³/mol. The second-order valence-corrected chi connectivity index (χ2v) is 6.38. The highest BCUT2D eigenvalue weighted by atomic mass is 16.5. The summed E-state index contributed by atoms with van der Waals surface area (Å²) in [7, 11) is 0. The maximum atomic E-state index is 12.9. The van der Waals surface area contributed by atoms with Crippen LogP contribution in [0.2, 0.25) is 0 Å². The number of aromatic nitrogens is 1. The first-order chi connectivity index (χ1) is 13.2. The Bertz CT molecular complexity index is 886. The third-order valence-electron chi connectivity index (χ3n) is 4.49. The van der Waals surface area contributed by atoms with Crippen molar-refractivity contribution in [1.82, 2.24) is 10.5 Å². The smallest absolute Gasteiger partial charge is 0.293 e. The lowest BCUT2D eigenvalue weighted by Crippen LogP contribution is -2.31. The third-order valence-corrected chi connectivity index (χ3v) is 4.49. The highest BCUT2D eigenvalue weighted by Crippen LogP contribution is 2.24. The van der Waals surface area contributed by atoms with Crippen molar-refractivity contribution < 1.29 is 19.2 Å². The van der Waals surface area contributed by atoms with Gasteiger partial charge in [-0.05, 0) is 49.2 Å². The number of furan rings is 1. The number of H-pyrrole nitrogens is 1. The van der Waals surface area contributed by atoms with Crippen molar-refractivity contribution in [3.8, 4) is 0 Å². The summed E-state index contributed by atoms with van der Waals surface area (Å²) in [5, 5.41) is 9.53. The molecular weight excluding hydrogens is 346 g/mol. The highest BCUT2D eigenvalue weighted by Gasteiger charge is 2.20. The molecule has 7 nitrogen and oxygen atoms in total. The van der Waals surface area contributed by atoms with Crippen LogP contribution in [0.5, 0.6) is 0 Å². The summed E-state index contributed by atoms with van der Waals surface area (Å²) < 4.78 is 5.29. The van der Waals surface area contributed by atoms with E-state index in [1.807, 2.05) is 30.5 Å². The fourth-order valence-electron chi connectivity index (χ4n) is 3.05. The molecule has 0 atom stereocenters. The molecule has 3 aromatic rings. The maximum Gasteiger partial charge on any atom is 0.293 e. The van der Waals surface area contributed by atoms with Crippen LogP contribution in [0.3, 0.4) is 0 Å². The SMILES string of the molecule is O=C(CCCCCCN(C(=O)c1ccco1)c1ccc2[nH]ccc2c1)NO. The number of unbranched alkanes of at least 4 members (excludes halogenated alkanes) is 3. The van der Waals surface area contributed by atoms with Gasteiger partial charge in [-0.25, -0.2) is 5.48 Å². The molecule has 1 aromatic carbocycles. The van der Waals surface area contributed by atoms with E-state index >= 15 is 0 Å². The van der Waals surface area contributed by atoms with Gasteiger partial charge in [-0.15, -0.1) is 0 Å². The van der Waals surface area contributed by atoms with Gasteiger partial charge in [0, 0.05) is 35.8 Å². The van der Waals surface area contributed by atoms with Crippen LogP contribution < -0.4 is 10.4 Å². The number of carbonyl (C=O) groups is 2. The molecule has 3 N–H and O–H groups in total. The van der Waals surface area contributed by atoms with E-state index < -0.39 is 0 Å². The third kappa shape index (κ3) is 4.77. The Morgan fingerprint density at radius 2 is 1.96 bits per heavy atom. The Morgan fingerprint density at radius 3 is 2.74 bits per heavy atom. The summed E-state index contributed by atoms with van der Waals surface area (Å²) in [5.41, 5.74) is 3.48. The number of benzene rings is 1. The molecule has 2 aromatic heterocycles. The van der Waals surface area contributed by atoms with Gasteiger partial charge in [0.05, 0.1) is 6.26 Å². The van der Waals surface area contributed by atoms with Crippen LogP contribution >= 0.6 is 0 Å². The van der Waals surface area contributed by atoms with Crippen molar-refractivity contribution in [2.45, 2.75) is 32.1 Å². The van der Waals surface area contributed by atoms with Gasteiger partial charge < -0.3 is 14.3 Å². The summed E-state index contributed by atoms with van der Waals surface area (Å²) in [5.74, 6) is -0.234. The average molecular weight is 369 g/mol. The molecule has 0 aliphatic heterocycles. The first-order valence-corrected chi connectivity index (χ1v) is 9.04. The lowest BCUT2D eigenvalue weighted by molar-refractivity contribution is -0.129. The molecule has 0 saturated heterocycles. The monoisotopic (exact) mass is 369 g/mol. The lowest BCUT2D eigenvalue weighted by Gasteiger charge is -2.22. The van der Waals surface area contributed by atoms with Gasteiger partial charge in [0.25, 0.3) is 5.91 Å². The minimum atomic E-state index is -0.371. The molecule has 2 heterocycles. The van der Waals surface area contributed by atoms with Crippen molar-refractivity contribution in [1.29, 1.82) is 0 Å². The Morgan fingerprint density at radius 1 is 1.11 bits per heavy atom.